The zero-order valence-corrected chi connectivity index (χ0v) is 45.5. The fourth-order valence-corrected chi connectivity index (χ4v) is 21.7. The number of nitrogens with zero attached hydrogens (tertiary/aromatic N) is 2. The molecule has 10 aliphatic rings. The van der Waals surface area contributed by atoms with Gasteiger partial charge in [-0.1, -0.05) is 96.8 Å². The predicted molar refractivity (Wildman–Crippen MR) is 273 cm³/mol. The lowest BCUT2D eigenvalue weighted by Gasteiger charge is -2.70. The first-order chi connectivity index (χ1) is 33.4. The maximum atomic E-state index is 15.3. The monoisotopic (exact) mass is 973 g/mol. The summed E-state index contributed by atoms with van der Waals surface area (Å²) in [5.74, 6) is 3.87. The van der Waals surface area contributed by atoms with Crippen LogP contribution in [0.1, 0.15) is 213 Å². The molecule has 9 nitrogen and oxygen atoms in total. The molecule has 388 valence electrons. The second-order valence-corrected chi connectivity index (χ2v) is 29.6. The van der Waals surface area contributed by atoms with E-state index in [1.165, 1.54) is 29.2 Å². The Labute approximate surface area is 424 Å². The maximum absolute atomic E-state index is 15.3. The van der Waals surface area contributed by atoms with Crippen molar-refractivity contribution in [3.63, 3.8) is 0 Å². The van der Waals surface area contributed by atoms with Gasteiger partial charge in [0.25, 0.3) is 0 Å². The van der Waals surface area contributed by atoms with Gasteiger partial charge in [-0.05, 0) is 200 Å². The van der Waals surface area contributed by atoms with E-state index in [9.17, 15) is 15.0 Å². The molecule has 0 amide bonds. The average molecular weight is 973 g/mol. The normalized spacial score (nSPS) is 50.1. The van der Waals surface area contributed by atoms with Gasteiger partial charge in [0.15, 0.2) is 5.78 Å². The Morgan fingerprint density at radius 2 is 1.32 bits per heavy atom. The first-order valence-electron chi connectivity index (χ1n) is 28.6. The summed E-state index contributed by atoms with van der Waals surface area (Å²) in [6.45, 7) is 26.9. The predicted octanol–water partition coefficient (Wildman–Crippen LogP) is 13.1. The number of hydrogen-bond acceptors (Lipinski definition) is 9. The quantitative estimate of drug-likeness (QED) is 0.214. The molecule has 18 atom stereocenters. The van der Waals surface area contributed by atoms with Gasteiger partial charge in [0.1, 0.15) is 11.5 Å². The molecule has 0 bridgehead atoms. The number of carbonyl (C=O) groups excluding carboxylic acids is 2. The van der Waals surface area contributed by atoms with Crippen molar-refractivity contribution in [2.24, 2.45) is 89.7 Å². The zero-order chi connectivity index (χ0) is 50.3. The fraction of sp³-hybridized carbons (Fsp3) is 0.806. The number of carbonyl (C=O) groups is 2. The van der Waals surface area contributed by atoms with Gasteiger partial charge in [-0.2, -0.15) is 0 Å². The lowest BCUT2D eigenvalue weighted by molar-refractivity contribution is -0.196. The average Bonchev–Trinajstić information content (AvgIpc) is 3.98. The van der Waals surface area contributed by atoms with E-state index in [1.807, 2.05) is 12.4 Å². The molecule has 12 rings (SSSR count). The second kappa shape index (κ2) is 15.5. The Bertz CT molecular complexity index is 2590. The van der Waals surface area contributed by atoms with E-state index in [2.05, 4.69) is 91.7 Å². The van der Waals surface area contributed by atoms with Gasteiger partial charge in [-0.25, -0.2) is 0 Å². The molecule has 6 saturated carbocycles. The van der Waals surface area contributed by atoms with Crippen LogP contribution in [-0.4, -0.2) is 51.6 Å². The molecule has 0 radical (unpaired) electrons. The molecule has 2 N–H and O–H groups in total. The summed E-state index contributed by atoms with van der Waals surface area (Å²) >= 11 is 0. The molecule has 6 fully saturated rings. The van der Waals surface area contributed by atoms with Crippen LogP contribution < -0.4 is 0 Å². The van der Waals surface area contributed by atoms with E-state index in [4.69, 9.17) is 13.8 Å². The lowest BCUT2D eigenvalue weighted by atomic mass is 9.34. The molecule has 10 aliphatic carbocycles. The van der Waals surface area contributed by atoms with E-state index in [-0.39, 0.29) is 96.3 Å². The Hall–Kier alpha value is -3.04. The highest BCUT2D eigenvalue weighted by Crippen LogP contribution is 2.77. The summed E-state index contributed by atoms with van der Waals surface area (Å²) in [5.41, 5.74) is 4.36. The number of esters is 1. The van der Waals surface area contributed by atoms with E-state index in [0.717, 1.165) is 127 Å². The van der Waals surface area contributed by atoms with Crippen molar-refractivity contribution >= 4 is 11.8 Å². The molecule has 0 saturated heterocycles. The van der Waals surface area contributed by atoms with Gasteiger partial charge in [-0.15, -0.1) is 0 Å². The molecule has 0 spiro atoms. The third-order valence-corrected chi connectivity index (χ3v) is 26.2. The third kappa shape index (κ3) is 6.41. The van der Waals surface area contributed by atoms with Crippen LogP contribution in [0, 0.1) is 89.7 Å². The van der Waals surface area contributed by atoms with Crippen LogP contribution in [0.25, 0.3) is 0 Å². The minimum Gasteiger partial charge on any atom is -0.465 e. The number of fused-ring (bicyclic) bond motifs is 16. The Balaban J connectivity index is 0.842. The Morgan fingerprint density at radius 3 is 2.03 bits per heavy atom. The number of allylic oxidation sites excluding steroid dienone is 3. The van der Waals surface area contributed by atoms with Gasteiger partial charge in [-0.3, -0.25) is 9.59 Å². The summed E-state index contributed by atoms with van der Waals surface area (Å²) < 4.78 is 18.1. The third-order valence-electron chi connectivity index (χ3n) is 26.2. The smallest absolute Gasteiger partial charge is 0.302 e. The van der Waals surface area contributed by atoms with Gasteiger partial charge in [0.2, 0.25) is 0 Å². The number of ketones is 1. The van der Waals surface area contributed by atoms with Gasteiger partial charge in [0.05, 0.1) is 25.1 Å². The van der Waals surface area contributed by atoms with Crippen LogP contribution in [-0.2, 0) is 27.2 Å². The van der Waals surface area contributed by atoms with Crippen LogP contribution in [0.15, 0.2) is 44.7 Å². The van der Waals surface area contributed by atoms with Gasteiger partial charge >= 0.3 is 5.97 Å². The SMILES string of the molecule is CC(=O)OC[C@]12CCC(C)(C)CC1C1C(=O)C=C3[C@@]4(C)Cc5cnoc5[C@@H](CCC5(C)CC[C@]6(CO)CC[C@]7(C)C(C6C5)[C@H](O)C=C5[C@@]6(C)Cc8cnoc8[C@@H](C)[C@@H]6CC[C@]57C)[C@@H]4CC[C@@]3(C)[C@]1(C)CC2. The topological polar surface area (TPSA) is 136 Å². The molecule has 5 unspecified atom stereocenters. The van der Waals surface area contributed by atoms with Crippen LogP contribution in [0.5, 0.6) is 0 Å². The van der Waals surface area contributed by atoms with Gasteiger partial charge in [0, 0.05) is 47.8 Å². The van der Waals surface area contributed by atoms with E-state index in [1.54, 1.807) is 0 Å². The van der Waals surface area contributed by atoms with E-state index < -0.39 is 6.10 Å². The largest absolute Gasteiger partial charge is 0.465 e. The number of ether oxygens (including phenoxy) is 1. The summed E-state index contributed by atoms with van der Waals surface area (Å²) in [6, 6.07) is 0. The summed E-state index contributed by atoms with van der Waals surface area (Å²) in [5, 5.41) is 33.2. The van der Waals surface area contributed by atoms with E-state index >= 15 is 4.79 Å². The molecule has 71 heavy (non-hydrogen) atoms. The van der Waals surface area contributed by atoms with Crippen molar-refractivity contribution < 1.29 is 33.6 Å². The summed E-state index contributed by atoms with van der Waals surface area (Å²) in [6.07, 6.45) is 26.3. The molecular formula is C62H88N2O7. The zero-order valence-electron chi connectivity index (χ0n) is 45.5. The molecular weight excluding hydrogens is 885 g/mol. The van der Waals surface area contributed by atoms with Crippen molar-refractivity contribution in [1.29, 1.82) is 0 Å². The minimum atomic E-state index is -0.559. The van der Waals surface area contributed by atoms with Crippen LogP contribution >= 0.6 is 0 Å². The second-order valence-electron chi connectivity index (χ2n) is 29.6. The summed E-state index contributed by atoms with van der Waals surface area (Å²) in [4.78, 5) is 27.6. The van der Waals surface area contributed by atoms with Crippen molar-refractivity contribution in [2.45, 2.75) is 210 Å². The van der Waals surface area contributed by atoms with Crippen LogP contribution in [0.4, 0.5) is 0 Å². The number of aliphatic hydroxyl groups excluding tert-OH is 2. The van der Waals surface area contributed by atoms with Crippen LogP contribution in [0.3, 0.4) is 0 Å². The molecule has 2 aromatic heterocycles. The highest BCUT2D eigenvalue weighted by molar-refractivity contribution is 5.95. The highest BCUT2D eigenvalue weighted by Gasteiger charge is 2.71. The molecule has 2 aromatic rings. The number of aromatic nitrogens is 2. The lowest BCUT2D eigenvalue weighted by Crippen LogP contribution is -2.65. The van der Waals surface area contributed by atoms with Crippen molar-refractivity contribution in [3.05, 3.63) is 58.3 Å². The van der Waals surface area contributed by atoms with Crippen LogP contribution in [0.2, 0.25) is 0 Å². The molecule has 0 aliphatic heterocycles. The van der Waals surface area contributed by atoms with Crippen molar-refractivity contribution in [3.8, 4) is 0 Å². The maximum Gasteiger partial charge on any atom is 0.302 e. The number of aliphatic hydroxyl groups is 2. The van der Waals surface area contributed by atoms with E-state index in [0.29, 0.717) is 30.1 Å². The van der Waals surface area contributed by atoms with Crippen molar-refractivity contribution in [1.82, 2.24) is 10.3 Å². The fourth-order valence-electron chi connectivity index (χ4n) is 21.7. The molecule has 2 heterocycles. The molecule has 9 heteroatoms. The standard InChI is InChI=1S/C62H88N2O7/c1-36-41-13-16-57(8)47(55(41,6)28-38-32-63-70-51(36)38)26-46(68)50-44-31-54(5,19-23-61(44,34-65)24-20-59(50,57)10)15-12-40-42-14-17-58(9)48(56(42,7)29-39-33-64-71-52(39)40)27-45(67)49-43-30-53(3,4)18-22-62(43,35-69-37(2)66)25-21-60(49,58)11/h26-27,32-33,36,40-44,46,49-50,65,68H,12-25,28-31,34-35H2,1-11H3/t36-,40-,41-,42-,43?,44?,46+,49?,50?,54?,55-,56-,57+,58+,59+,60+,61+,62+/m0/s1. The number of hydrogen-bond donors (Lipinski definition) is 2. The Morgan fingerprint density at radius 1 is 0.718 bits per heavy atom. The Kier molecular flexibility index (Phi) is 10.7. The first-order valence-corrected chi connectivity index (χ1v) is 28.6. The first kappa shape index (κ1) is 48.9. The van der Waals surface area contributed by atoms with Crippen molar-refractivity contribution in [2.75, 3.05) is 13.2 Å². The molecule has 0 aromatic carbocycles. The van der Waals surface area contributed by atoms with Gasteiger partial charge < -0.3 is 24.0 Å². The highest BCUT2D eigenvalue weighted by atomic mass is 16.5. The minimum absolute atomic E-state index is 0.0335. The summed E-state index contributed by atoms with van der Waals surface area (Å²) in [7, 11) is 0. The number of rotatable bonds is 6.